The minimum absolute atomic E-state index is 0.721. The van der Waals surface area contributed by atoms with Crippen molar-refractivity contribution in [2.45, 2.75) is 90.9 Å². The van der Waals surface area contributed by atoms with Crippen molar-refractivity contribution in [3.8, 4) is 11.5 Å². The molecular formula is C42H42N2O2S3. The number of benzene rings is 6. The first-order chi connectivity index (χ1) is 24.3. The third-order valence-electron chi connectivity index (χ3n) is 10.7. The van der Waals surface area contributed by atoms with E-state index >= 15 is 0 Å². The number of rotatable bonds is 16. The standard InChI is InChI=1S/C42H42N2O2S3/c1-3-5-7-9-11-13-21-45-29-17-15-25-27-19-23-47-41(27)37-35-31(25)33(29)34-30(46-22-14-12-10-8-6-4-2)18-16-26-28-20-24-48-42(28)38(36(35)32(26)34)40-39(37)43-49-44-40/h15-20,23-24H,3-14,21-22H2,1-2H3. The predicted molar refractivity (Wildman–Crippen MR) is 216 cm³/mol. The summed E-state index contributed by atoms with van der Waals surface area (Å²) in [4.78, 5) is 0. The second-order valence-corrected chi connectivity index (χ2v) is 16.1. The molecule has 3 heterocycles. The van der Waals surface area contributed by atoms with Crippen molar-refractivity contribution in [1.29, 1.82) is 0 Å². The molecule has 0 unspecified atom stereocenters. The summed E-state index contributed by atoms with van der Waals surface area (Å²) in [6.45, 7) is 6.00. The van der Waals surface area contributed by atoms with Crippen molar-refractivity contribution in [1.82, 2.24) is 8.75 Å². The fourth-order valence-electron chi connectivity index (χ4n) is 8.38. The third kappa shape index (κ3) is 5.02. The van der Waals surface area contributed by atoms with Crippen LogP contribution in [0.25, 0.3) is 85.1 Å². The van der Waals surface area contributed by atoms with Crippen LogP contribution in [0.1, 0.15) is 90.9 Å². The molecule has 0 aliphatic heterocycles. The summed E-state index contributed by atoms with van der Waals surface area (Å²) in [6, 6.07) is 13.7. The molecule has 0 saturated carbocycles. The molecule has 9 aromatic rings. The Labute approximate surface area is 299 Å². The largest absolute Gasteiger partial charge is 0.493 e. The molecule has 3 aromatic heterocycles. The highest BCUT2D eigenvalue weighted by atomic mass is 32.1. The average molecular weight is 703 g/mol. The first-order valence-corrected chi connectivity index (χ1v) is 20.9. The van der Waals surface area contributed by atoms with Crippen LogP contribution in [0.5, 0.6) is 11.5 Å². The maximum atomic E-state index is 6.85. The Bertz CT molecular complexity index is 2380. The molecule has 0 aliphatic rings. The van der Waals surface area contributed by atoms with Crippen molar-refractivity contribution >= 4 is 119 Å². The summed E-state index contributed by atoms with van der Waals surface area (Å²) in [7, 11) is 0. The lowest BCUT2D eigenvalue weighted by Crippen LogP contribution is -2.02. The van der Waals surface area contributed by atoms with Crippen LogP contribution >= 0.6 is 34.4 Å². The lowest BCUT2D eigenvalue weighted by Gasteiger charge is -2.23. The number of thiophene rings is 2. The van der Waals surface area contributed by atoms with E-state index in [0.717, 1.165) is 48.6 Å². The summed E-state index contributed by atoms with van der Waals surface area (Å²) in [6.07, 6.45) is 14.9. The number of aromatic nitrogens is 2. The van der Waals surface area contributed by atoms with Gasteiger partial charge in [-0.05, 0) is 70.8 Å². The average Bonchev–Trinajstić information content (AvgIpc) is 3.92. The van der Waals surface area contributed by atoms with Crippen LogP contribution in [0.4, 0.5) is 0 Å². The molecule has 0 radical (unpaired) electrons. The van der Waals surface area contributed by atoms with E-state index in [1.165, 1.54) is 150 Å². The van der Waals surface area contributed by atoms with Gasteiger partial charge in [0.1, 0.15) is 22.5 Å². The summed E-state index contributed by atoms with van der Waals surface area (Å²) < 4.78 is 26.3. The number of unbranched alkanes of at least 4 members (excludes halogenated alkanes) is 10. The van der Waals surface area contributed by atoms with Gasteiger partial charge in [-0.3, -0.25) is 0 Å². The van der Waals surface area contributed by atoms with Crippen LogP contribution in [-0.4, -0.2) is 22.0 Å². The van der Waals surface area contributed by atoms with Crippen LogP contribution < -0.4 is 9.47 Å². The van der Waals surface area contributed by atoms with Gasteiger partial charge >= 0.3 is 0 Å². The molecule has 0 saturated heterocycles. The fraction of sp³-hybridized carbons (Fsp3) is 0.381. The normalized spacial score (nSPS) is 12.6. The number of hydrogen-bond acceptors (Lipinski definition) is 7. The molecule has 250 valence electrons. The fourth-order valence-corrected chi connectivity index (χ4v) is 10.9. The number of fused-ring (bicyclic) bond motifs is 10. The quantitative estimate of drug-likeness (QED) is 0.0571. The predicted octanol–water partition coefficient (Wildman–Crippen LogP) is 14.2. The molecule has 4 nitrogen and oxygen atoms in total. The molecule has 0 bridgehead atoms. The molecule has 0 aliphatic carbocycles. The van der Waals surface area contributed by atoms with Gasteiger partial charge in [-0.2, -0.15) is 8.75 Å². The first-order valence-electron chi connectivity index (χ1n) is 18.4. The van der Waals surface area contributed by atoms with Gasteiger partial charge in [-0.1, -0.05) is 78.1 Å². The molecular weight excluding hydrogens is 661 g/mol. The number of nitrogens with zero attached hydrogens (tertiary/aromatic N) is 2. The zero-order chi connectivity index (χ0) is 32.9. The van der Waals surface area contributed by atoms with Crippen molar-refractivity contribution in [3.05, 3.63) is 47.2 Å². The lowest BCUT2D eigenvalue weighted by molar-refractivity contribution is 0.305. The van der Waals surface area contributed by atoms with E-state index in [2.05, 4.69) is 61.0 Å². The Balaban J connectivity index is 1.32. The third-order valence-corrected chi connectivity index (χ3v) is 13.1. The maximum Gasteiger partial charge on any atom is 0.127 e. The van der Waals surface area contributed by atoms with E-state index < -0.39 is 0 Å². The van der Waals surface area contributed by atoms with E-state index in [-0.39, 0.29) is 0 Å². The van der Waals surface area contributed by atoms with Crippen molar-refractivity contribution in [2.24, 2.45) is 0 Å². The minimum atomic E-state index is 0.721. The second kappa shape index (κ2) is 13.3. The van der Waals surface area contributed by atoms with Crippen LogP contribution in [0.3, 0.4) is 0 Å². The van der Waals surface area contributed by atoms with Crippen LogP contribution in [0, 0.1) is 0 Å². The van der Waals surface area contributed by atoms with Gasteiger partial charge in [0.05, 0.1) is 24.9 Å². The smallest absolute Gasteiger partial charge is 0.127 e. The van der Waals surface area contributed by atoms with Gasteiger partial charge in [0.15, 0.2) is 0 Å². The van der Waals surface area contributed by atoms with Gasteiger partial charge in [0.2, 0.25) is 0 Å². The molecule has 0 atom stereocenters. The van der Waals surface area contributed by atoms with Gasteiger partial charge < -0.3 is 9.47 Å². The molecule has 9 rings (SSSR count). The molecule has 49 heavy (non-hydrogen) atoms. The summed E-state index contributed by atoms with van der Waals surface area (Å²) in [5.74, 6) is 1.93. The second-order valence-electron chi connectivity index (χ2n) is 13.7. The molecule has 0 spiro atoms. The molecule has 7 heteroatoms. The van der Waals surface area contributed by atoms with Gasteiger partial charge in [-0.15, -0.1) is 22.7 Å². The number of hydrogen-bond donors (Lipinski definition) is 0. The highest BCUT2D eigenvalue weighted by Crippen LogP contribution is 2.56. The highest BCUT2D eigenvalue weighted by molar-refractivity contribution is 7.19. The van der Waals surface area contributed by atoms with E-state index in [0.29, 0.717) is 0 Å². The first kappa shape index (κ1) is 31.5. The topological polar surface area (TPSA) is 44.2 Å². The van der Waals surface area contributed by atoms with E-state index in [4.69, 9.17) is 18.2 Å². The summed E-state index contributed by atoms with van der Waals surface area (Å²) in [5.41, 5.74) is 2.05. The Kier molecular flexibility index (Phi) is 8.55. The number of ether oxygens (including phenoxy) is 2. The zero-order valence-corrected chi connectivity index (χ0v) is 30.9. The Morgan fingerprint density at radius 1 is 0.449 bits per heavy atom. The SMILES string of the molecule is CCCCCCCCOc1ccc2c3ccsc3c3c4nsnc4c4c5sccc5c5ccc(OCCCCCCCC)c6c1c2c3c4c56. The van der Waals surface area contributed by atoms with Crippen LogP contribution in [0.15, 0.2) is 47.2 Å². The van der Waals surface area contributed by atoms with Gasteiger partial charge in [0, 0.05) is 63.3 Å². The van der Waals surface area contributed by atoms with Gasteiger partial charge in [-0.25, -0.2) is 0 Å². The monoisotopic (exact) mass is 702 g/mol. The Morgan fingerprint density at radius 3 is 1.37 bits per heavy atom. The van der Waals surface area contributed by atoms with Crippen LogP contribution in [-0.2, 0) is 0 Å². The van der Waals surface area contributed by atoms with Gasteiger partial charge in [0.25, 0.3) is 0 Å². The summed E-state index contributed by atoms with van der Waals surface area (Å²) in [5, 5.41) is 19.6. The van der Waals surface area contributed by atoms with Crippen molar-refractivity contribution in [3.63, 3.8) is 0 Å². The van der Waals surface area contributed by atoms with Crippen LogP contribution in [0.2, 0.25) is 0 Å². The molecule has 0 fully saturated rings. The Hall–Kier alpha value is -3.52. The molecule has 0 amide bonds. The molecule has 0 N–H and O–H groups in total. The van der Waals surface area contributed by atoms with E-state index in [9.17, 15) is 0 Å². The van der Waals surface area contributed by atoms with E-state index in [1.807, 2.05) is 22.7 Å². The van der Waals surface area contributed by atoms with E-state index in [1.54, 1.807) is 0 Å². The Morgan fingerprint density at radius 2 is 0.898 bits per heavy atom. The highest BCUT2D eigenvalue weighted by Gasteiger charge is 2.29. The summed E-state index contributed by atoms with van der Waals surface area (Å²) >= 11 is 4.98. The molecule has 6 aromatic carbocycles. The minimum Gasteiger partial charge on any atom is -0.493 e. The van der Waals surface area contributed by atoms with Crippen molar-refractivity contribution in [2.75, 3.05) is 13.2 Å². The maximum absolute atomic E-state index is 6.85. The lowest BCUT2D eigenvalue weighted by atomic mass is 9.83. The zero-order valence-electron chi connectivity index (χ0n) is 28.5. The van der Waals surface area contributed by atoms with Crippen molar-refractivity contribution < 1.29 is 9.47 Å².